The van der Waals surface area contributed by atoms with Gasteiger partial charge in [-0.15, -0.1) is 11.3 Å². The Labute approximate surface area is 103 Å². The van der Waals surface area contributed by atoms with Crippen molar-refractivity contribution in [3.8, 4) is 0 Å². The Morgan fingerprint density at radius 3 is 2.44 bits per heavy atom. The Kier molecular flexibility index (Phi) is 5.46. The van der Waals surface area contributed by atoms with E-state index in [1.807, 2.05) is 11.3 Å². The first kappa shape index (κ1) is 13.7. The summed E-state index contributed by atoms with van der Waals surface area (Å²) >= 11 is 1.87. The first-order chi connectivity index (χ1) is 7.58. The minimum atomic E-state index is 0.395. The van der Waals surface area contributed by atoms with Gasteiger partial charge >= 0.3 is 0 Å². The van der Waals surface area contributed by atoms with Crippen molar-refractivity contribution in [1.82, 2.24) is 4.90 Å². The molecule has 3 heteroatoms. The predicted octanol–water partition coefficient (Wildman–Crippen LogP) is 3.03. The van der Waals surface area contributed by atoms with E-state index in [9.17, 15) is 0 Å². The molecule has 0 aromatic carbocycles. The maximum atomic E-state index is 5.93. The molecule has 1 unspecified atom stereocenters. The first-order valence-corrected chi connectivity index (χ1v) is 6.90. The highest BCUT2D eigenvalue weighted by molar-refractivity contribution is 7.12. The standard InChI is InChI=1S/C13H24N2S/c1-5-15(9-10(2)3)12(8-14)13-7-6-11(4)16-13/h6-7,10,12H,5,8-9,14H2,1-4H3. The third kappa shape index (κ3) is 3.58. The molecule has 2 nitrogen and oxygen atoms in total. The van der Waals surface area contributed by atoms with E-state index in [-0.39, 0.29) is 0 Å². The van der Waals surface area contributed by atoms with Gasteiger partial charge in [0.1, 0.15) is 0 Å². The Hall–Kier alpha value is -0.380. The maximum Gasteiger partial charge on any atom is 0.0564 e. The van der Waals surface area contributed by atoms with Crippen LogP contribution in [0.25, 0.3) is 0 Å². The van der Waals surface area contributed by atoms with Crippen LogP contribution in [0.2, 0.25) is 0 Å². The summed E-state index contributed by atoms with van der Waals surface area (Å²) in [5, 5.41) is 0. The van der Waals surface area contributed by atoms with Crippen LogP contribution < -0.4 is 5.73 Å². The number of rotatable bonds is 6. The van der Waals surface area contributed by atoms with E-state index in [1.165, 1.54) is 9.75 Å². The van der Waals surface area contributed by atoms with Gasteiger partial charge in [0.05, 0.1) is 6.04 Å². The van der Waals surface area contributed by atoms with E-state index in [2.05, 4.69) is 44.7 Å². The second kappa shape index (κ2) is 6.38. The molecular weight excluding hydrogens is 216 g/mol. The van der Waals surface area contributed by atoms with Crippen molar-refractivity contribution in [2.24, 2.45) is 11.7 Å². The van der Waals surface area contributed by atoms with Crippen molar-refractivity contribution >= 4 is 11.3 Å². The largest absolute Gasteiger partial charge is 0.329 e. The van der Waals surface area contributed by atoms with Gasteiger partial charge in [-0.25, -0.2) is 0 Å². The average Bonchev–Trinajstić information content (AvgIpc) is 2.64. The molecule has 0 aliphatic heterocycles. The lowest BCUT2D eigenvalue weighted by atomic mass is 10.1. The number of thiophene rings is 1. The van der Waals surface area contributed by atoms with E-state index < -0.39 is 0 Å². The highest BCUT2D eigenvalue weighted by Gasteiger charge is 2.19. The number of nitrogens with two attached hydrogens (primary N) is 1. The molecule has 2 N–H and O–H groups in total. The van der Waals surface area contributed by atoms with Crippen LogP contribution in [-0.2, 0) is 0 Å². The Morgan fingerprint density at radius 1 is 1.38 bits per heavy atom. The van der Waals surface area contributed by atoms with Crippen LogP contribution in [0.15, 0.2) is 12.1 Å². The highest BCUT2D eigenvalue weighted by Crippen LogP contribution is 2.27. The number of likely N-dealkylation sites (N-methyl/N-ethyl adjacent to an activating group) is 1. The van der Waals surface area contributed by atoms with Crippen molar-refractivity contribution in [3.63, 3.8) is 0 Å². The third-order valence-corrected chi connectivity index (χ3v) is 3.86. The minimum Gasteiger partial charge on any atom is -0.329 e. The fraction of sp³-hybridized carbons (Fsp3) is 0.692. The molecule has 0 aliphatic rings. The smallest absolute Gasteiger partial charge is 0.0564 e. The van der Waals surface area contributed by atoms with Crippen molar-refractivity contribution < 1.29 is 0 Å². The molecule has 1 rings (SSSR count). The van der Waals surface area contributed by atoms with Gasteiger partial charge in [-0.05, 0) is 31.5 Å². The fourth-order valence-corrected chi connectivity index (χ4v) is 3.05. The summed E-state index contributed by atoms with van der Waals surface area (Å²) in [6, 6.07) is 4.80. The van der Waals surface area contributed by atoms with Crippen LogP contribution in [0.1, 0.15) is 36.6 Å². The Morgan fingerprint density at radius 2 is 2.06 bits per heavy atom. The van der Waals surface area contributed by atoms with E-state index in [0.29, 0.717) is 18.5 Å². The molecule has 0 aliphatic carbocycles. The second-order valence-corrected chi connectivity index (χ2v) is 6.00. The normalized spacial score (nSPS) is 13.7. The summed E-state index contributed by atoms with van der Waals surface area (Å²) in [5.74, 6) is 0.690. The Bertz CT molecular complexity index is 307. The average molecular weight is 240 g/mol. The van der Waals surface area contributed by atoms with Gasteiger partial charge in [0.25, 0.3) is 0 Å². The minimum absolute atomic E-state index is 0.395. The topological polar surface area (TPSA) is 29.3 Å². The first-order valence-electron chi connectivity index (χ1n) is 6.08. The summed E-state index contributed by atoms with van der Waals surface area (Å²) in [4.78, 5) is 5.26. The lowest BCUT2D eigenvalue weighted by molar-refractivity contribution is 0.192. The molecule has 92 valence electrons. The second-order valence-electron chi connectivity index (χ2n) is 4.68. The van der Waals surface area contributed by atoms with Gasteiger partial charge in [-0.3, -0.25) is 4.90 Å². The van der Waals surface area contributed by atoms with Gasteiger partial charge < -0.3 is 5.73 Å². The van der Waals surface area contributed by atoms with Gasteiger partial charge in [-0.1, -0.05) is 20.8 Å². The van der Waals surface area contributed by atoms with E-state index in [4.69, 9.17) is 5.73 Å². The molecule has 0 amide bonds. The van der Waals surface area contributed by atoms with Gasteiger partial charge in [0.2, 0.25) is 0 Å². The van der Waals surface area contributed by atoms with E-state index in [1.54, 1.807) is 0 Å². The van der Waals surface area contributed by atoms with Crippen LogP contribution in [0.5, 0.6) is 0 Å². The number of aryl methyl sites for hydroxylation is 1. The molecule has 1 aromatic heterocycles. The predicted molar refractivity (Wildman–Crippen MR) is 72.9 cm³/mol. The molecule has 1 heterocycles. The van der Waals surface area contributed by atoms with E-state index in [0.717, 1.165) is 13.1 Å². The maximum absolute atomic E-state index is 5.93. The number of nitrogens with zero attached hydrogens (tertiary/aromatic N) is 1. The molecule has 0 bridgehead atoms. The summed E-state index contributed by atoms with van der Waals surface area (Å²) < 4.78 is 0. The fourth-order valence-electron chi connectivity index (χ4n) is 2.02. The summed E-state index contributed by atoms with van der Waals surface area (Å²) in [7, 11) is 0. The quantitative estimate of drug-likeness (QED) is 0.828. The lowest BCUT2D eigenvalue weighted by Gasteiger charge is -2.30. The highest BCUT2D eigenvalue weighted by atomic mass is 32.1. The summed E-state index contributed by atoms with van der Waals surface area (Å²) in [6.07, 6.45) is 0. The van der Waals surface area contributed by atoms with Crippen molar-refractivity contribution in [2.75, 3.05) is 19.6 Å². The molecule has 0 fully saturated rings. The zero-order valence-corrected chi connectivity index (χ0v) is 11.7. The van der Waals surface area contributed by atoms with Crippen molar-refractivity contribution in [3.05, 3.63) is 21.9 Å². The van der Waals surface area contributed by atoms with Crippen LogP contribution in [0, 0.1) is 12.8 Å². The summed E-state index contributed by atoms with van der Waals surface area (Å²) in [5.41, 5.74) is 5.93. The van der Waals surface area contributed by atoms with Gasteiger partial charge in [-0.2, -0.15) is 0 Å². The van der Waals surface area contributed by atoms with Gasteiger partial charge in [0, 0.05) is 22.8 Å². The Balaban J connectivity index is 2.78. The van der Waals surface area contributed by atoms with Crippen LogP contribution in [-0.4, -0.2) is 24.5 Å². The molecule has 0 radical (unpaired) electrons. The van der Waals surface area contributed by atoms with Crippen molar-refractivity contribution in [2.45, 2.75) is 33.7 Å². The zero-order chi connectivity index (χ0) is 12.1. The zero-order valence-electron chi connectivity index (χ0n) is 10.9. The molecule has 16 heavy (non-hydrogen) atoms. The molecule has 1 aromatic rings. The van der Waals surface area contributed by atoms with E-state index >= 15 is 0 Å². The third-order valence-electron chi connectivity index (χ3n) is 2.76. The SMILES string of the molecule is CCN(CC(C)C)C(CN)c1ccc(C)s1. The molecule has 0 spiro atoms. The number of hydrogen-bond donors (Lipinski definition) is 1. The molecular formula is C13H24N2S. The molecule has 0 saturated carbocycles. The molecule has 0 saturated heterocycles. The molecule has 1 atom stereocenters. The number of hydrogen-bond acceptors (Lipinski definition) is 3. The van der Waals surface area contributed by atoms with Crippen LogP contribution in [0.4, 0.5) is 0 Å². The monoisotopic (exact) mass is 240 g/mol. The van der Waals surface area contributed by atoms with Crippen LogP contribution in [0.3, 0.4) is 0 Å². The van der Waals surface area contributed by atoms with Crippen molar-refractivity contribution in [1.29, 1.82) is 0 Å². The van der Waals surface area contributed by atoms with Crippen LogP contribution >= 0.6 is 11.3 Å². The summed E-state index contributed by atoms with van der Waals surface area (Å²) in [6.45, 7) is 11.8. The lowest BCUT2D eigenvalue weighted by Crippen LogP contribution is -2.35. The van der Waals surface area contributed by atoms with Gasteiger partial charge in [0.15, 0.2) is 0 Å².